The summed E-state index contributed by atoms with van der Waals surface area (Å²) in [5.41, 5.74) is 1.52. The Morgan fingerprint density at radius 1 is 0.973 bits per heavy atom. The number of para-hydroxylation sites is 2. The number of hydrogen-bond acceptors (Lipinski definition) is 5. The fourth-order valence-electron chi connectivity index (χ4n) is 3.96. The standard InChI is InChI=1S/C28H41N3O5S/c1-6-22(3)29-28(33)23(4)30(21-19-24-14-9-8-10-15-24)27(32)18-13-20-31(37(5,34)35)25-16-11-12-17-26(25)36-7-2/h8-12,14-17,22-23H,6-7,13,18-21H2,1-5H3,(H,29,33)/t22-,23-/m1/s1. The average Bonchev–Trinajstić information content (AvgIpc) is 2.87. The quantitative estimate of drug-likeness (QED) is 0.375. The van der Waals surface area contributed by atoms with Gasteiger partial charge in [-0.05, 0) is 57.7 Å². The highest BCUT2D eigenvalue weighted by Gasteiger charge is 2.27. The molecular weight excluding hydrogens is 490 g/mol. The molecule has 0 spiro atoms. The fraction of sp³-hybridized carbons (Fsp3) is 0.500. The van der Waals surface area contributed by atoms with Gasteiger partial charge in [-0.3, -0.25) is 13.9 Å². The monoisotopic (exact) mass is 531 g/mol. The summed E-state index contributed by atoms with van der Waals surface area (Å²) in [6.07, 6.45) is 2.96. The van der Waals surface area contributed by atoms with Crippen molar-refractivity contribution in [3.8, 4) is 5.75 Å². The molecule has 9 heteroatoms. The van der Waals surface area contributed by atoms with Crippen molar-refractivity contribution in [2.24, 2.45) is 0 Å². The summed E-state index contributed by atoms with van der Waals surface area (Å²) in [7, 11) is -3.61. The van der Waals surface area contributed by atoms with E-state index >= 15 is 0 Å². The SMILES string of the molecule is CCOc1ccccc1N(CCCC(=O)N(CCc1ccccc1)[C@H](C)C(=O)N[C@H](C)CC)S(C)(=O)=O. The van der Waals surface area contributed by atoms with Crippen LogP contribution in [-0.2, 0) is 26.0 Å². The van der Waals surface area contributed by atoms with E-state index in [0.717, 1.165) is 18.2 Å². The van der Waals surface area contributed by atoms with Crippen molar-refractivity contribution in [1.29, 1.82) is 0 Å². The maximum Gasteiger partial charge on any atom is 0.242 e. The Morgan fingerprint density at radius 3 is 2.24 bits per heavy atom. The summed E-state index contributed by atoms with van der Waals surface area (Å²) in [6.45, 7) is 8.41. The van der Waals surface area contributed by atoms with Gasteiger partial charge in [0.05, 0.1) is 18.6 Å². The lowest BCUT2D eigenvalue weighted by Crippen LogP contribution is -2.50. The third kappa shape index (κ3) is 9.39. The van der Waals surface area contributed by atoms with Crippen molar-refractivity contribution in [3.05, 3.63) is 60.2 Å². The second kappa shape index (κ2) is 14.6. The van der Waals surface area contributed by atoms with Crippen LogP contribution in [-0.4, -0.2) is 63.2 Å². The summed E-state index contributed by atoms with van der Waals surface area (Å²) in [4.78, 5) is 27.8. The van der Waals surface area contributed by atoms with Crippen LogP contribution in [0, 0.1) is 0 Å². The maximum atomic E-state index is 13.4. The lowest BCUT2D eigenvalue weighted by atomic mass is 10.1. The van der Waals surface area contributed by atoms with E-state index in [-0.39, 0.29) is 30.8 Å². The zero-order valence-electron chi connectivity index (χ0n) is 22.6. The largest absolute Gasteiger partial charge is 0.492 e. The molecule has 1 N–H and O–H groups in total. The predicted octanol–water partition coefficient (Wildman–Crippen LogP) is 4.01. The Kier molecular flexibility index (Phi) is 11.9. The van der Waals surface area contributed by atoms with Crippen LogP contribution in [0.25, 0.3) is 0 Å². The van der Waals surface area contributed by atoms with E-state index in [2.05, 4.69) is 5.32 Å². The molecule has 0 aliphatic rings. The van der Waals surface area contributed by atoms with Gasteiger partial charge in [-0.1, -0.05) is 49.4 Å². The van der Waals surface area contributed by atoms with Gasteiger partial charge in [0, 0.05) is 25.6 Å². The van der Waals surface area contributed by atoms with Crippen LogP contribution < -0.4 is 14.4 Å². The number of rotatable bonds is 15. The Labute approximate surface area is 222 Å². The van der Waals surface area contributed by atoms with Crippen LogP contribution in [0.2, 0.25) is 0 Å². The molecule has 0 heterocycles. The van der Waals surface area contributed by atoms with Gasteiger partial charge in [0.25, 0.3) is 0 Å². The topological polar surface area (TPSA) is 96.0 Å². The van der Waals surface area contributed by atoms with E-state index in [1.807, 2.05) is 51.1 Å². The molecule has 0 unspecified atom stereocenters. The lowest BCUT2D eigenvalue weighted by molar-refractivity contribution is -0.140. The number of nitrogens with one attached hydrogen (secondary N) is 1. The molecule has 0 aliphatic heterocycles. The van der Waals surface area contributed by atoms with Crippen molar-refractivity contribution in [2.45, 2.75) is 65.5 Å². The van der Waals surface area contributed by atoms with E-state index in [1.54, 1.807) is 36.1 Å². The predicted molar refractivity (Wildman–Crippen MR) is 148 cm³/mol. The van der Waals surface area contributed by atoms with Crippen LogP contribution in [0.1, 0.15) is 52.5 Å². The van der Waals surface area contributed by atoms with Crippen LogP contribution in [0.3, 0.4) is 0 Å². The van der Waals surface area contributed by atoms with Crippen molar-refractivity contribution in [3.63, 3.8) is 0 Å². The molecule has 0 saturated heterocycles. The first-order valence-corrected chi connectivity index (χ1v) is 14.8. The van der Waals surface area contributed by atoms with Crippen LogP contribution >= 0.6 is 0 Å². The normalized spacial score (nSPS) is 12.9. The van der Waals surface area contributed by atoms with Gasteiger partial charge < -0.3 is 15.0 Å². The van der Waals surface area contributed by atoms with Gasteiger partial charge >= 0.3 is 0 Å². The van der Waals surface area contributed by atoms with Crippen LogP contribution in [0.15, 0.2) is 54.6 Å². The molecule has 0 fully saturated rings. The molecule has 204 valence electrons. The molecule has 0 saturated carbocycles. The molecule has 2 rings (SSSR count). The van der Waals surface area contributed by atoms with E-state index in [0.29, 0.717) is 37.4 Å². The molecule has 8 nitrogen and oxygen atoms in total. The number of ether oxygens (including phenoxy) is 1. The van der Waals surface area contributed by atoms with Crippen molar-refractivity contribution in [2.75, 3.05) is 30.3 Å². The molecule has 2 aromatic rings. The van der Waals surface area contributed by atoms with Gasteiger partial charge in [0.2, 0.25) is 21.8 Å². The first kappa shape index (κ1) is 30.2. The first-order chi connectivity index (χ1) is 17.6. The zero-order valence-corrected chi connectivity index (χ0v) is 23.5. The third-order valence-corrected chi connectivity index (χ3v) is 7.42. The van der Waals surface area contributed by atoms with Gasteiger partial charge in [-0.15, -0.1) is 0 Å². The lowest BCUT2D eigenvalue weighted by Gasteiger charge is -2.30. The molecule has 0 aromatic heterocycles. The average molecular weight is 532 g/mol. The fourth-order valence-corrected chi connectivity index (χ4v) is 4.93. The van der Waals surface area contributed by atoms with Crippen molar-refractivity contribution < 1.29 is 22.7 Å². The van der Waals surface area contributed by atoms with Crippen LogP contribution in [0.4, 0.5) is 5.69 Å². The number of amides is 2. The second-order valence-corrected chi connectivity index (χ2v) is 11.1. The molecule has 2 atom stereocenters. The molecule has 0 aliphatic carbocycles. The Hall–Kier alpha value is -3.07. The highest BCUT2D eigenvalue weighted by atomic mass is 32.2. The highest BCUT2D eigenvalue weighted by molar-refractivity contribution is 7.92. The zero-order chi connectivity index (χ0) is 27.4. The van der Waals surface area contributed by atoms with E-state index < -0.39 is 16.1 Å². The van der Waals surface area contributed by atoms with Gasteiger partial charge in [0.15, 0.2) is 0 Å². The van der Waals surface area contributed by atoms with Crippen LogP contribution in [0.5, 0.6) is 5.75 Å². The second-order valence-electron chi connectivity index (χ2n) is 9.16. The minimum Gasteiger partial charge on any atom is -0.492 e. The molecule has 0 radical (unpaired) electrons. The minimum absolute atomic E-state index is 0.00903. The first-order valence-electron chi connectivity index (χ1n) is 12.9. The number of sulfonamides is 1. The summed E-state index contributed by atoms with van der Waals surface area (Å²) in [5.74, 6) is 0.0926. The molecule has 0 bridgehead atoms. The van der Waals surface area contributed by atoms with Crippen molar-refractivity contribution in [1.82, 2.24) is 10.2 Å². The van der Waals surface area contributed by atoms with E-state index in [4.69, 9.17) is 4.74 Å². The summed E-state index contributed by atoms with van der Waals surface area (Å²) in [6, 6.07) is 16.1. The molecular formula is C28H41N3O5S. The van der Waals surface area contributed by atoms with Crippen molar-refractivity contribution >= 4 is 27.5 Å². The minimum atomic E-state index is -3.61. The number of benzene rings is 2. The van der Waals surface area contributed by atoms with Gasteiger partial charge in [-0.25, -0.2) is 8.42 Å². The molecule has 2 aromatic carbocycles. The smallest absolute Gasteiger partial charge is 0.242 e. The number of carbonyl (C=O) groups is 2. The van der Waals surface area contributed by atoms with E-state index in [1.165, 1.54) is 4.31 Å². The summed E-state index contributed by atoms with van der Waals surface area (Å²) >= 11 is 0. The Bertz CT molecular complexity index is 1110. The Morgan fingerprint density at radius 2 is 1.62 bits per heavy atom. The number of carbonyl (C=O) groups excluding carboxylic acids is 2. The summed E-state index contributed by atoms with van der Waals surface area (Å²) < 4.78 is 32.1. The van der Waals surface area contributed by atoms with E-state index in [9.17, 15) is 18.0 Å². The maximum absolute atomic E-state index is 13.4. The molecule has 37 heavy (non-hydrogen) atoms. The summed E-state index contributed by atoms with van der Waals surface area (Å²) in [5, 5.41) is 2.96. The number of hydrogen-bond donors (Lipinski definition) is 1. The number of nitrogens with zero attached hydrogens (tertiary/aromatic N) is 2. The third-order valence-electron chi connectivity index (χ3n) is 6.24. The number of anilines is 1. The Balaban J connectivity index is 2.15. The van der Waals surface area contributed by atoms with Gasteiger partial charge in [-0.2, -0.15) is 0 Å². The highest BCUT2D eigenvalue weighted by Crippen LogP contribution is 2.30. The van der Waals surface area contributed by atoms with Gasteiger partial charge in [0.1, 0.15) is 11.8 Å². The molecule has 2 amide bonds.